The first-order chi connectivity index (χ1) is 9.77. The molecule has 0 spiro atoms. The van der Waals surface area contributed by atoms with Crippen LogP contribution in [0.25, 0.3) is 0 Å². The Hall–Kier alpha value is -1.81. The zero-order valence-electron chi connectivity index (χ0n) is 12.0. The molecular weight excluding hydrogens is 252 g/mol. The number of ether oxygens (including phenoxy) is 1. The van der Waals surface area contributed by atoms with Gasteiger partial charge in [-0.1, -0.05) is 18.2 Å². The summed E-state index contributed by atoms with van der Waals surface area (Å²) < 4.78 is 5.21. The smallest absolute Gasteiger partial charge is 0.256 e. The van der Waals surface area contributed by atoms with Gasteiger partial charge in [-0.15, -0.1) is 6.58 Å². The zero-order chi connectivity index (χ0) is 14.4. The van der Waals surface area contributed by atoms with Crippen molar-refractivity contribution < 1.29 is 9.53 Å². The van der Waals surface area contributed by atoms with Crippen molar-refractivity contribution in [2.45, 2.75) is 18.9 Å². The first-order valence-electron chi connectivity index (χ1n) is 7.01. The van der Waals surface area contributed by atoms with E-state index in [1.165, 1.54) is 0 Å². The Morgan fingerprint density at radius 1 is 1.55 bits per heavy atom. The van der Waals surface area contributed by atoms with E-state index in [0.29, 0.717) is 13.2 Å². The summed E-state index contributed by atoms with van der Waals surface area (Å²) in [6.07, 6.45) is 3.84. The SMILES string of the molecule is C=CCNc1ccccc1C(=O)N1CCC[C@H]1COC. The third kappa shape index (κ3) is 3.20. The van der Waals surface area contributed by atoms with Crippen LogP contribution in [0.15, 0.2) is 36.9 Å². The number of rotatable bonds is 6. The number of para-hydroxylation sites is 1. The van der Waals surface area contributed by atoms with Crippen LogP contribution in [-0.2, 0) is 4.74 Å². The van der Waals surface area contributed by atoms with Gasteiger partial charge >= 0.3 is 0 Å². The number of methoxy groups -OCH3 is 1. The largest absolute Gasteiger partial charge is 0.383 e. The molecule has 0 bridgehead atoms. The molecule has 1 N–H and O–H groups in total. The van der Waals surface area contributed by atoms with E-state index >= 15 is 0 Å². The predicted octanol–water partition coefficient (Wildman–Crippen LogP) is 2.54. The van der Waals surface area contributed by atoms with Gasteiger partial charge in [0.25, 0.3) is 5.91 Å². The van der Waals surface area contributed by atoms with Gasteiger partial charge in [0, 0.05) is 25.9 Å². The lowest BCUT2D eigenvalue weighted by molar-refractivity contribution is 0.0631. The molecule has 0 radical (unpaired) electrons. The second kappa shape index (κ2) is 7.10. The molecule has 2 rings (SSSR count). The molecule has 1 aliphatic heterocycles. The number of amides is 1. The fraction of sp³-hybridized carbons (Fsp3) is 0.438. The molecule has 0 unspecified atom stereocenters. The highest BCUT2D eigenvalue weighted by Crippen LogP contribution is 2.24. The fourth-order valence-electron chi connectivity index (χ4n) is 2.63. The first-order valence-corrected chi connectivity index (χ1v) is 7.01. The molecular formula is C16H22N2O2. The molecule has 1 atom stereocenters. The Morgan fingerprint density at radius 2 is 2.35 bits per heavy atom. The van der Waals surface area contributed by atoms with E-state index in [-0.39, 0.29) is 11.9 Å². The monoisotopic (exact) mass is 274 g/mol. The zero-order valence-corrected chi connectivity index (χ0v) is 12.0. The number of anilines is 1. The quantitative estimate of drug-likeness (QED) is 0.811. The minimum atomic E-state index is 0.0803. The van der Waals surface area contributed by atoms with Gasteiger partial charge in [-0.2, -0.15) is 0 Å². The van der Waals surface area contributed by atoms with Crippen molar-refractivity contribution in [3.63, 3.8) is 0 Å². The molecule has 4 heteroatoms. The molecule has 1 aliphatic rings. The van der Waals surface area contributed by atoms with E-state index in [0.717, 1.165) is 30.6 Å². The molecule has 20 heavy (non-hydrogen) atoms. The molecule has 1 aromatic rings. The Kier molecular flexibility index (Phi) is 5.18. The van der Waals surface area contributed by atoms with Gasteiger partial charge in [-0.05, 0) is 25.0 Å². The Labute approximate surface area is 120 Å². The minimum absolute atomic E-state index is 0.0803. The third-order valence-electron chi connectivity index (χ3n) is 3.59. The first kappa shape index (κ1) is 14.6. The van der Waals surface area contributed by atoms with Crippen LogP contribution in [0.4, 0.5) is 5.69 Å². The fourth-order valence-corrected chi connectivity index (χ4v) is 2.63. The van der Waals surface area contributed by atoms with Crippen LogP contribution in [0, 0.1) is 0 Å². The number of hydrogen-bond acceptors (Lipinski definition) is 3. The highest BCUT2D eigenvalue weighted by molar-refractivity contribution is 6.00. The molecule has 4 nitrogen and oxygen atoms in total. The maximum absolute atomic E-state index is 12.7. The van der Waals surface area contributed by atoms with Crippen molar-refractivity contribution in [3.05, 3.63) is 42.5 Å². The van der Waals surface area contributed by atoms with E-state index in [1.54, 1.807) is 13.2 Å². The van der Waals surface area contributed by atoms with Crippen LogP contribution in [0.5, 0.6) is 0 Å². The molecule has 0 aliphatic carbocycles. The standard InChI is InChI=1S/C16H22N2O2/c1-3-10-17-15-9-5-4-8-14(15)16(19)18-11-6-7-13(18)12-20-2/h3-5,8-9,13,17H,1,6-7,10-12H2,2H3/t13-/m0/s1. The number of nitrogens with zero attached hydrogens (tertiary/aromatic N) is 1. The van der Waals surface area contributed by atoms with Crippen LogP contribution < -0.4 is 5.32 Å². The van der Waals surface area contributed by atoms with Crippen LogP contribution in [-0.4, -0.2) is 43.7 Å². The highest BCUT2D eigenvalue weighted by atomic mass is 16.5. The predicted molar refractivity (Wildman–Crippen MR) is 81.1 cm³/mol. The third-order valence-corrected chi connectivity index (χ3v) is 3.59. The minimum Gasteiger partial charge on any atom is -0.383 e. The average Bonchev–Trinajstić information content (AvgIpc) is 2.93. The maximum atomic E-state index is 12.7. The Morgan fingerprint density at radius 3 is 3.10 bits per heavy atom. The normalized spacial score (nSPS) is 18.1. The van der Waals surface area contributed by atoms with Gasteiger partial charge in [-0.3, -0.25) is 4.79 Å². The lowest BCUT2D eigenvalue weighted by Gasteiger charge is -2.25. The number of nitrogens with one attached hydrogen (secondary N) is 1. The maximum Gasteiger partial charge on any atom is 0.256 e. The van der Waals surface area contributed by atoms with Crippen molar-refractivity contribution >= 4 is 11.6 Å². The molecule has 1 heterocycles. The second-order valence-corrected chi connectivity index (χ2v) is 4.97. The molecule has 0 aromatic heterocycles. The van der Waals surface area contributed by atoms with Crippen LogP contribution in [0.3, 0.4) is 0 Å². The summed E-state index contributed by atoms with van der Waals surface area (Å²) in [6.45, 7) is 5.75. The van der Waals surface area contributed by atoms with Crippen molar-refractivity contribution in [2.24, 2.45) is 0 Å². The van der Waals surface area contributed by atoms with Crippen LogP contribution in [0.2, 0.25) is 0 Å². The molecule has 0 saturated carbocycles. The van der Waals surface area contributed by atoms with Crippen LogP contribution in [0.1, 0.15) is 23.2 Å². The van der Waals surface area contributed by atoms with Gasteiger partial charge in [0.05, 0.1) is 18.2 Å². The van der Waals surface area contributed by atoms with Crippen molar-refractivity contribution in [3.8, 4) is 0 Å². The van der Waals surface area contributed by atoms with Crippen molar-refractivity contribution in [1.82, 2.24) is 4.90 Å². The molecule has 108 valence electrons. The van der Waals surface area contributed by atoms with Gasteiger partial charge in [0.15, 0.2) is 0 Å². The summed E-state index contributed by atoms with van der Waals surface area (Å²) in [7, 11) is 1.68. The lowest BCUT2D eigenvalue weighted by Crippen LogP contribution is -2.38. The van der Waals surface area contributed by atoms with Gasteiger partial charge in [0.2, 0.25) is 0 Å². The van der Waals surface area contributed by atoms with E-state index in [9.17, 15) is 4.79 Å². The van der Waals surface area contributed by atoms with E-state index in [1.807, 2.05) is 29.2 Å². The molecule has 1 aromatic carbocycles. The Bertz CT molecular complexity index is 473. The van der Waals surface area contributed by atoms with E-state index in [2.05, 4.69) is 11.9 Å². The molecule has 1 fully saturated rings. The van der Waals surface area contributed by atoms with E-state index in [4.69, 9.17) is 4.74 Å². The summed E-state index contributed by atoms with van der Waals surface area (Å²) in [5.74, 6) is 0.0803. The Balaban J connectivity index is 2.17. The van der Waals surface area contributed by atoms with Gasteiger partial charge in [-0.25, -0.2) is 0 Å². The summed E-state index contributed by atoms with van der Waals surface area (Å²) in [5.41, 5.74) is 1.58. The van der Waals surface area contributed by atoms with Gasteiger partial charge in [0.1, 0.15) is 0 Å². The van der Waals surface area contributed by atoms with E-state index < -0.39 is 0 Å². The van der Waals surface area contributed by atoms with Crippen LogP contribution >= 0.6 is 0 Å². The lowest BCUT2D eigenvalue weighted by atomic mass is 10.1. The highest BCUT2D eigenvalue weighted by Gasteiger charge is 2.30. The number of carbonyl (C=O) groups excluding carboxylic acids is 1. The summed E-state index contributed by atoms with van der Waals surface area (Å²) >= 11 is 0. The number of benzene rings is 1. The summed E-state index contributed by atoms with van der Waals surface area (Å²) in [4.78, 5) is 14.6. The second-order valence-electron chi connectivity index (χ2n) is 4.97. The summed E-state index contributed by atoms with van der Waals surface area (Å²) in [6, 6.07) is 7.82. The number of carbonyl (C=O) groups is 1. The number of hydrogen-bond donors (Lipinski definition) is 1. The summed E-state index contributed by atoms with van der Waals surface area (Å²) in [5, 5.41) is 3.22. The topological polar surface area (TPSA) is 41.6 Å². The van der Waals surface area contributed by atoms with Gasteiger partial charge < -0.3 is 15.0 Å². The molecule has 1 amide bonds. The van der Waals surface area contributed by atoms with Crippen molar-refractivity contribution in [1.29, 1.82) is 0 Å². The van der Waals surface area contributed by atoms with Crippen molar-refractivity contribution in [2.75, 3.05) is 32.1 Å². The average molecular weight is 274 g/mol. The number of likely N-dealkylation sites (tertiary alicyclic amines) is 1. The molecule has 1 saturated heterocycles.